The van der Waals surface area contributed by atoms with E-state index < -0.39 is 0 Å². The van der Waals surface area contributed by atoms with E-state index in [1.807, 2.05) is 0 Å². The molecule has 1 aliphatic heterocycles. The molecule has 0 bridgehead atoms. The van der Waals surface area contributed by atoms with Crippen LogP contribution in [0.1, 0.15) is 25.7 Å². The molecule has 3 nitrogen and oxygen atoms in total. The number of alkyl halides is 2. The lowest BCUT2D eigenvalue weighted by Gasteiger charge is -2.43. The van der Waals surface area contributed by atoms with Gasteiger partial charge >= 0.3 is 0 Å². The molecule has 0 radical (unpaired) electrons. The quantitative estimate of drug-likeness (QED) is 0.669. The zero-order valence-corrected chi connectivity index (χ0v) is 11.5. The van der Waals surface area contributed by atoms with Crippen molar-refractivity contribution in [2.45, 2.75) is 48.6 Å². The predicted octanol–water partition coefficient (Wildman–Crippen LogP) is 1.30. The number of nitrogens with two attached hydrogens (primary N) is 1. The van der Waals surface area contributed by atoms with E-state index in [0.29, 0.717) is 18.5 Å². The van der Waals surface area contributed by atoms with Gasteiger partial charge in [0.25, 0.3) is 0 Å². The first-order chi connectivity index (χ1) is 8.13. The van der Waals surface area contributed by atoms with Gasteiger partial charge in [0.15, 0.2) is 0 Å². The van der Waals surface area contributed by atoms with Crippen molar-refractivity contribution < 1.29 is 5.11 Å². The Hall–Kier alpha value is 0.460. The summed E-state index contributed by atoms with van der Waals surface area (Å²) in [5, 5.41) is 13.5. The molecule has 1 heterocycles. The summed E-state index contributed by atoms with van der Waals surface area (Å²) in [5.74, 6) is 0.577. The van der Waals surface area contributed by atoms with Gasteiger partial charge in [-0.2, -0.15) is 0 Å². The van der Waals surface area contributed by atoms with Crippen LogP contribution in [0.15, 0.2) is 0 Å². The Morgan fingerprint density at radius 2 is 2.00 bits per heavy atom. The van der Waals surface area contributed by atoms with Crippen molar-refractivity contribution in [1.82, 2.24) is 5.32 Å². The summed E-state index contributed by atoms with van der Waals surface area (Å²) in [4.78, 5) is 0. The molecule has 1 saturated heterocycles. The Labute approximate surface area is 113 Å². The molecule has 2 rings (SSSR count). The number of rotatable bonds is 2. The van der Waals surface area contributed by atoms with Crippen molar-refractivity contribution in [3.05, 3.63) is 0 Å². The molecule has 2 fully saturated rings. The third-order valence-electron chi connectivity index (χ3n) is 4.26. The molecule has 1 aliphatic carbocycles. The minimum atomic E-state index is -0.297. The topological polar surface area (TPSA) is 58.3 Å². The molecule has 1 saturated carbocycles. The van der Waals surface area contributed by atoms with E-state index in [9.17, 15) is 5.11 Å². The third kappa shape index (κ3) is 3.07. The van der Waals surface area contributed by atoms with Gasteiger partial charge in [-0.05, 0) is 38.1 Å². The highest BCUT2D eigenvalue weighted by Crippen LogP contribution is 2.40. The van der Waals surface area contributed by atoms with Crippen LogP contribution >= 0.6 is 23.2 Å². The number of nitrogens with one attached hydrogen (secondary N) is 1. The van der Waals surface area contributed by atoms with Crippen LogP contribution in [-0.2, 0) is 0 Å². The molecule has 0 aromatic rings. The second-order valence-electron chi connectivity index (χ2n) is 5.35. The van der Waals surface area contributed by atoms with Crippen molar-refractivity contribution in [3.8, 4) is 0 Å². The van der Waals surface area contributed by atoms with Gasteiger partial charge in [0, 0.05) is 18.5 Å². The molecule has 0 aromatic heterocycles. The molecule has 2 aliphatic rings. The predicted molar refractivity (Wildman–Crippen MR) is 71.6 cm³/mol. The SMILES string of the molecule is NC[C@H]1C[C@@H](C2C(O)CCC(Cl)C2Cl)CCN1. The first-order valence-electron chi connectivity index (χ1n) is 6.53. The maximum Gasteiger partial charge on any atom is 0.0586 e. The van der Waals surface area contributed by atoms with E-state index in [4.69, 9.17) is 28.9 Å². The molecule has 17 heavy (non-hydrogen) atoms. The smallest absolute Gasteiger partial charge is 0.0586 e. The lowest BCUT2D eigenvalue weighted by atomic mass is 9.72. The van der Waals surface area contributed by atoms with E-state index in [1.165, 1.54) is 0 Å². The lowest BCUT2D eigenvalue weighted by Crippen LogP contribution is -2.50. The minimum Gasteiger partial charge on any atom is -0.393 e. The minimum absolute atomic E-state index is 0.00345. The van der Waals surface area contributed by atoms with Crippen LogP contribution in [0.5, 0.6) is 0 Å². The summed E-state index contributed by atoms with van der Waals surface area (Å²) >= 11 is 12.6. The van der Waals surface area contributed by atoms with Gasteiger partial charge in [-0.25, -0.2) is 0 Å². The molecule has 0 spiro atoms. The van der Waals surface area contributed by atoms with Crippen LogP contribution in [0.2, 0.25) is 0 Å². The summed E-state index contributed by atoms with van der Waals surface area (Å²) in [5.41, 5.74) is 5.71. The number of piperidine rings is 1. The summed E-state index contributed by atoms with van der Waals surface area (Å²) in [6.07, 6.45) is 3.36. The number of halogens is 2. The van der Waals surface area contributed by atoms with Crippen LogP contribution in [0, 0.1) is 11.8 Å². The van der Waals surface area contributed by atoms with Crippen LogP contribution in [0.3, 0.4) is 0 Å². The zero-order chi connectivity index (χ0) is 12.4. The van der Waals surface area contributed by atoms with Gasteiger partial charge < -0.3 is 16.2 Å². The van der Waals surface area contributed by atoms with Crippen molar-refractivity contribution in [2.24, 2.45) is 17.6 Å². The average Bonchev–Trinajstić information content (AvgIpc) is 2.35. The fraction of sp³-hybridized carbons (Fsp3) is 1.00. The lowest BCUT2D eigenvalue weighted by molar-refractivity contribution is 0.0271. The second-order valence-corrected chi connectivity index (χ2v) is 6.42. The molecular formula is C12H22Cl2N2O. The third-order valence-corrected chi connectivity index (χ3v) is 5.47. The van der Waals surface area contributed by atoms with Crippen LogP contribution in [0.4, 0.5) is 0 Å². The number of hydrogen-bond donors (Lipinski definition) is 3. The van der Waals surface area contributed by atoms with Crippen molar-refractivity contribution in [3.63, 3.8) is 0 Å². The van der Waals surface area contributed by atoms with Crippen molar-refractivity contribution in [2.75, 3.05) is 13.1 Å². The van der Waals surface area contributed by atoms with Crippen LogP contribution in [0.25, 0.3) is 0 Å². The van der Waals surface area contributed by atoms with Gasteiger partial charge in [-0.15, -0.1) is 23.2 Å². The molecule has 4 N–H and O–H groups in total. The maximum atomic E-state index is 10.2. The van der Waals surface area contributed by atoms with Gasteiger partial charge in [0.05, 0.1) is 16.9 Å². The molecule has 0 amide bonds. The number of hydrogen-bond acceptors (Lipinski definition) is 3. The maximum absolute atomic E-state index is 10.2. The highest BCUT2D eigenvalue weighted by Gasteiger charge is 2.42. The first-order valence-corrected chi connectivity index (χ1v) is 7.40. The highest BCUT2D eigenvalue weighted by molar-refractivity contribution is 6.30. The monoisotopic (exact) mass is 280 g/mol. The Balaban J connectivity index is 2.03. The normalized spacial score (nSPS) is 48.0. The Bertz CT molecular complexity index is 255. The van der Waals surface area contributed by atoms with Gasteiger partial charge in [-0.3, -0.25) is 0 Å². The van der Waals surface area contributed by atoms with E-state index in [0.717, 1.165) is 32.2 Å². The van der Waals surface area contributed by atoms with Gasteiger partial charge in [0.2, 0.25) is 0 Å². The molecule has 5 heteroatoms. The van der Waals surface area contributed by atoms with E-state index in [2.05, 4.69) is 5.32 Å². The highest BCUT2D eigenvalue weighted by atomic mass is 35.5. The van der Waals surface area contributed by atoms with E-state index in [1.54, 1.807) is 0 Å². The molecule has 100 valence electrons. The Morgan fingerprint density at radius 1 is 1.24 bits per heavy atom. The molecular weight excluding hydrogens is 259 g/mol. The van der Waals surface area contributed by atoms with Crippen LogP contribution < -0.4 is 11.1 Å². The first kappa shape index (κ1) is 13.9. The molecule has 6 atom stereocenters. The zero-order valence-electron chi connectivity index (χ0n) is 9.99. The van der Waals surface area contributed by atoms with Crippen LogP contribution in [-0.4, -0.2) is 41.1 Å². The van der Waals surface area contributed by atoms with E-state index in [-0.39, 0.29) is 22.8 Å². The Morgan fingerprint density at radius 3 is 2.71 bits per heavy atom. The summed E-state index contributed by atoms with van der Waals surface area (Å²) < 4.78 is 0. The molecule has 0 aromatic carbocycles. The molecule has 4 unspecified atom stereocenters. The summed E-state index contributed by atoms with van der Waals surface area (Å²) in [7, 11) is 0. The fourth-order valence-corrected chi connectivity index (χ4v) is 4.07. The standard InChI is InChI=1S/C12H22Cl2N2O/c13-9-1-2-10(17)11(12(9)14)7-3-4-16-8(5-7)6-15/h7-12,16-17H,1-6,15H2/t7-,8+,9?,10?,11?,12?/m0/s1. The Kier molecular flexibility index (Phi) is 4.96. The van der Waals surface area contributed by atoms with E-state index >= 15 is 0 Å². The van der Waals surface area contributed by atoms with Crippen molar-refractivity contribution in [1.29, 1.82) is 0 Å². The average molecular weight is 281 g/mol. The summed E-state index contributed by atoms with van der Waals surface area (Å²) in [6, 6.07) is 0.362. The summed E-state index contributed by atoms with van der Waals surface area (Å²) in [6.45, 7) is 1.61. The number of aliphatic hydroxyl groups excluding tert-OH is 1. The van der Waals surface area contributed by atoms with Crippen molar-refractivity contribution >= 4 is 23.2 Å². The van der Waals surface area contributed by atoms with Gasteiger partial charge in [-0.1, -0.05) is 0 Å². The van der Waals surface area contributed by atoms with Gasteiger partial charge in [0.1, 0.15) is 0 Å². The largest absolute Gasteiger partial charge is 0.393 e. The second kappa shape index (κ2) is 6.07. The number of aliphatic hydroxyl groups is 1. The fourth-order valence-electron chi connectivity index (χ4n) is 3.28.